The summed E-state index contributed by atoms with van der Waals surface area (Å²) in [4.78, 5) is 0. The van der Waals surface area contributed by atoms with Crippen LogP contribution in [0.1, 0.15) is 0 Å². The number of ether oxygens (including phenoxy) is 2. The zero-order valence-corrected chi connectivity index (χ0v) is 6.39. The summed E-state index contributed by atoms with van der Waals surface area (Å²) in [5.41, 5.74) is 0. The predicted molar refractivity (Wildman–Crippen MR) is 38.6 cm³/mol. The zero-order valence-electron chi connectivity index (χ0n) is 5.58. The first-order chi connectivity index (χ1) is 4.93. The van der Waals surface area contributed by atoms with Crippen molar-refractivity contribution in [3.05, 3.63) is 0 Å². The van der Waals surface area contributed by atoms with E-state index in [2.05, 4.69) is 0 Å². The smallest absolute Gasteiger partial charge is 0.166 e. The second-order valence-corrected chi connectivity index (χ2v) is 2.87. The fourth-order valence-electron chi connectivity index (χ4n) is 0.704. The van der Waals surface area contributed by atoms with Gasteiger partial charge in [0.2, 0.25) is 0 Å². The normalized spacial score (nSPS) is 19.1. The number of rotatable bonds is 3. The molecule has 0 bridgehead atoms. The average Bonchev–Trinajstić information content (AvgIpc) is 2.41. The Morgan fingerprint density at radius 1 is 1.50 bits per heavy atom. The highest BCUT2D eigenvalue weighted by molar-refractivity contribution is 7.99. The molecule has 1 fully saturated rings. The van der Waals surface area contributed by atoms with Crippen LogP contribution >= 0.6 is 11.8 Å². The topological polar surface area (TPSA) is 42.2 Å². The molecule has 0 spiro atoms. The van der Waals surface area contributed by atoms with Crippen LogP contribution in [0.25, 0.3) is 0 Å². The third-order valence-electron chi connectivity index (χ3n) is 1.11. The minimum absolute atomic E-state index is 0.0710. The van der Waals surface area contributed by atoms with Gasteiger partial charge in [0.1, 0.15) is 0 Å². The van der Waals surface area contributed by atoms with E-state index in [4.69, 9.17) is 14.7 Å². The average molecular weight is 159 g/mol. The summed E-state index contributed by atoms with van der Waals surface area (Å²) in [6, 6.07) is 2.04. The molecule has 0 unspecified atom stereocenters. The molecular weight excluding hydrogens is 150 g/mol. The lowest BCUT2D eigenvalue weighted by molar-refractivity contribution is -0.0214. The van der Waals surface area contributed by atoms with Crippen LogP contribution in [0.15, 0.2) is 0 Å². The molecule has 1 saturated heterocycles. The molecule has 10 heavy (non-hydrogen) atoms. The van der Waals surface area contributed by atoms with E-state index in [1.54, 1.807) is 0 Å². The molecule has 0 amide bonds. The quantitative estimate of drug-likeness (QED) is 0.566. The van der Waals surface area contributed by atoms with Crippen molar-refractivity contribution in [2.45, 2.75) is 6.29 Å². The monoisotopic (exact) mass is 159 g/mol. The minimum Gasteiger partial charge on any atom is -0.349 e. The van der Waals surface area contributed by atoms with E-state index in [0.717, 1.165) is 5.75 Å². The van der Waals surface area contributed by atoms with Crippen molar-refractivity contribution < 1.29 is 9.47 Å². The summed E-state index contributed by atoms with van der Waals surface area (Å²) in [7, 11) is 0. The number of hydrogen-bond acceptors (Lipinski definition) is 4. The van der Waals surface area contributed by atoms with Gasteiger partial charge in [0.15, 0.2) is 6.29 Å². The predicted octanol–water partition coefficient (Wildman–Crippen LogP) is 0.616. The SMILES string of the molecule is N#CCSCC1OCCO1. The van der Waals surface area contributed by atoms with Crippen molar-refractivity contribution in [2.24, 2.45) is 0 Å². The van der Waals surface area contributed by atoms with Crippen LogP contribution in [0.4, 0.5) is 0 Å². The van der Waals surface area contributed by atoms with Crippen molar-refractivity contribution in [1.82, 2.24) is 0 Å². The molecular formula is C6H9NO2S. The van der Waals surface area contributed by atoms with Gasteiger partial charge in [0, 0.05) is 5.75 Å². The number of thioether (sulfide) groups is 1. The fourth-order valence-corrected chi connectivity index (χ4v) is 1.30. The van der Waals surface area contributed by atoms with Gasteiger partial charge in [-0.3, -0.25) is 0 Å². The van der Waals surface area contributed by atoms with Gasteiger partial charge in [0.25, 0.3) is 0 Å². The summed E-state index contributed by atoms with van der Waals surface area (Å²) in [6.45, 7) is 1.38. The molecule has 1 aliphatic rings. The van der Waals surface area contributed by atoms with Gasteiger partial charge in [0.05, 0.1) is 25.0 Å². The third kappa shape index (κ3) is 2.56. The molecule has 0 aromatic rings. The van der Waals surface area contributed by atoms with Crippen molar-refractivity contribution in [2.75, 3.05) is 24.7 Å². The van der Waals surface area contributed by atoms with Crippen molar-refractivity contribution in [3.8, 4) is 6.07 Å². The molecule has 0 N–H and O–H groups in total. The van der Waals surface area contributed by atoms with Crippen molar-refractivity contribution >= 4 is 11.8 Å². The Hall–Kier alpha value is -0.240. The molecule has 0 aromatic carbocycles. The minimum atomic E-state index is -0.0710. The first-order valence-electron chi connectivity index (χ1n) is 3.11. The fraction of sp³-hybridized carbons (Fsp3) is 0.833. The van der Waals surface area contributed by atoms with E-state index in [-0.39, 0.29) is 6.29 Å². The zero-order chi connectivity index (χ0) is 7.23. The summed E-state index contributed by atoms with van der Waals surface area (Å²) in [5.74, 6) is 1.29. The first-order valence-corrected chi connectivity index (χ1v) is 4.27. The Balaban J connectivity index is 1.97. The third-order valence-corrected chi connectivity index (χ3v) is 1.95. The van der Waals surface area contributed by atoms with Crippen LogP contribution in [-0.2, 0) is 9.47 Å². The molecule has 3 nitrogen and oxygen atoms in total. The Morgan fingerprint density at radius 2 is 2.20 bits per heavy atom. The van der Waals surface area contributed by atoms with E-state index in [1.165, 1.54) is 11.8 Å². The maximum Gasteiger partial charge on any atom is 0.166 e. The largest absolute Gasteiger partial charge is 0.349 e. The summed E-state index contributed by atoms with van der Waals surface area (Å²) >= 11 is 1.54. The van der Waals surface area contributed by atoms with E-state index in [0.29, 0.717) is 19.0 Å². The van der Waals surface area contributed by atoms with Crippen LogP contribution in [-0.4, -0.2) is 31.0 Å². The maximum atomic E-state index is 8.19. The molecule has 1 rings (SSSR count). The number of nitrogens with zero attached hydrogens (tertiary/aromatic N) is 1. The highest BCUT2D eigenvalue weighted by Gasteiger charge is 2.14. The van der Waals surface area contributed by atoms with E-state index in [9.17, 15) is 0 Å². The van der Waals surface area contributed by atoms with Crippen molar-refractivity contribution in [3.63, 3.8) is 0 Å². The van der Waals surface area contributed by atoms with Gasteiger partial charge in [-0.1, -0.05) is 0 Å². The van der Waals surface area contributed by atoms with Gasteiger partial charge in [-0.2, -0.15) is 5.26 Å². The molecule has 0 saturated carbocycles. The number of nitriles is 1. The van der Waals surface area contributed by atoms with Crippen LogP contribution in [0.3, 0.4) is 0 Å². The summed E-state index contributed by atoms with van der Waals surface area (Å²) in [5, 5.41) is 8.19. The molecule has 0 aliphatic carbocycles. The van der Waals surface area contributed by atoms with Gasteiger partial charge >= 0.3 is 0 Å². The Morgan fingerprint density at radius 3 is 2.80 bits per heavy atom. The van der Waals surface area contributed by atoms with Crippen molar-refractivity contribution in [1.29, 1.82) is 5.26 Å². The van der Waals surface area contributed by atoms with Gasteiger partial charge < -0.3 is 9.47 Å². The maximum absolute atomic E-state index is 8.19. The molecule has 0 radical (unpaired) electrons. The van der Waals surface area contributed by atoms with E-state index >= 15 is 0 Å². The molecule has 0 aromatic heterocycles. The lowest BCUT2D eigenvalue weighted by Gasteiger charge is -2.05. The van der Waals surface area contributed by atoms with Gasteiger partial charge in [-0.05, 0) is 0 Å². The molecule has 1 heterocycles. The highest BCUT2D eigenvalue weighted by Crippen LogP contribution is 2.10. The van der Waals surface area contributed by atoms with Crippen LogP contribution in [0, 0.1) is 11.3 Å². The second kappa shape index (κ2) is 4.56. The van der Waals surface area contributed by atoms with E-state index in [1.807, 2.05) is 6.07 Å². The van der Waals surface area contributed by atoms with Gasteiger partial charge in [-0.15, -0.1) is 11.8 Å². The van der Waals surface area contributed by atoms with Crippen LogP contribution in [0.5, 0.6) is 0 Å². The Bertz CT molecular complexity index is 128. The molecule has 4 heteroatoms. The van der Waals surface area contributed by atoms with Crippen LogP contribution in [0.2, 0.25) is 0 Å². The van der Waals surface area contributed by atoms with E-state index < -0.39 is 0 Å². The molecule has 1 aliphatic heterocycles. The number of hydrogen-bond donors (Lipinski definition) is 0. The first kappa shape index (κ1) is 7.86. The summed E-state index contributed by atoms with van der Waals surface area (Å²) < 4.78 is 10.3. The van der Waals surface area contributed by atoms with Gasteiger partial charge in [-0.25, -0.2) is 0 Å². The van der Waals surface area contributed by atoms with Crippen LogP contribution < -0.4 is 0 Å². The lowest BCUT2D eigenvalue weighted by Crippen LogP contribution is -2.10. The Labute approximate surface area is 64.3 Å². The lowest BCUT2D eigenvalue weighted by atomic mass is 10.8. The molecule has 0 atom stereocenters. The summed E-state index contributed by atoms with van der Waals surface area (Å²) in [6.07, 6.45) is -0.0710. The highest BCUT2D eigenvalue weighted by atomic mass is 32.2. The Kier molecular flexibility index (Phi) is 3.58. The second-order valence-electron chi connectivity index (χ2n) is 1.84. The molecule has 56 valence electrons. The standard InChI is InChI=1S/C6H9NO2S/c7-1-4-10-5-6-8-2-3-9-6/h6H,2-5H2.